The molecule has 0 aliphatic rings. The number of carbonyl (C=O) groups excluding carboxylic acids is 1. The van der Waals surface area contributed by atoms with E-state index in [9.17, 15) is 4.79 Å². The third-order valence-electron chi connectivity index (χ3n) is 2.51. The summed E-state index contributed by atoms with van der Waals surface area (Å²) in [5, 5.41) is 8.84. The van der Waals surface area contributed by atoms with Crippen molar-refractivity contribution in [2.75, 3.05) is 14.2 Å². The summed E-state index contributed by atoms with van der Waals surface area (Å²) in [5.41, 5.74) is 0.469. The molecule has 21 heavy (non-hydrogen) atoms. The highest BCUT2D eigenvalue weighted by Gasteiger charge is 2.12. The molecule has 0 saturated heterocycles. The second kappa shape index (κ2) is 6.34. The van der Waals surface area contributed by atoms with Gasteiger partial charge in [-0.25, -0.2) is 9.78 Å². The SMILES string of the molecule is COC(=O)c1cncc(Oc2ccc(C#N)cc2OC)n1. The molecule has 0 N–H and O–H groups in total. The number of aromatic nitrogens is 2. The van der Waals surface area contributed by atoms with Crippen molar-refractivity contribution in [3.05, 3.63) is 41.9 Å². The standard InChI is InChI=1S/C14H11N3O4/c1-19-12-5-9(6-15)3-4-11(12)21-13-8-16-7-10(17-13)14(18)20-2/h3-5,7-8H,1-2H3. The van der Waals surface area contributed by atoms with Gasteiger partial charge >= 0.3 is 5.97 Å². The van der Waals surface area contributed by atoms with Gasteiger partial charge in [0.05, 0.1) is 38.2 Å². The highest BCUT2D eigenvalue weighted by molar-refractivity contribution is 5.86. The fourth-order valence-corrected chi connectivity index (χ4v) is 1.53. The molecule has 1 heterocycles. The molecule has 0 unspecified atom stereocenters. The number of carbonyl (C=O) groups is 1. The predicted octanol–water partition coefficient (Wildman–Crippen LogP) is 1.94. The van der Waals surface area contributed by atoms with Crippen molar-refractivity contribution in [3.8, 4) is 23.4 Å². The lowest BCUT2D eigenvalue weighted by Gasteiger charge is -2.09. The first-order valence-corrected chi connectivity index (χ1v) is 5.84. The molecule has 2 aromatic rings. The minimum absolute atomic E-state index is 0.0302. The molecule has 0 aliphatic carbocycles. The van der Waals surface area contributed by atoms with Crippen LogP contribution in [0, 0.1) is 11.3 Å². The summed E-state index contributed by atoms with van der Waals surface area (Å²) in [6, 6.07) is 6.69. The highest BCUT2D eigenvalue weighted by atomic mass is 16.5. The van der Waals surface area contributed by atoms with Crippen molar-refractivity contribution in [2.45, 2.75) is 0 Å². The van der Waals surface area contributed by atoms with Crippen LogP contribution in [-0.4, -0.2) is 30.2 Å². The van der Waals surface area contributed by atoms with E-state index in [-0.39, 0.29) is 11.6 Å². The number of methoxy groups -OCH3 is 2. The van der Waals surface area contributed by atoms with E-state index >= 15 is 0 Å². The fourth-order valence-electron chi connectivity index (χ4n) is 1.53. The second-order valence-corrected chi connectivity index (χ2v) is 3.81. The summed E-state index contributed by atoms with van der Waals surface area (Å²) < 4.78 is 15.2. The van der Waals surface area contributed by atoms with E-state index in [1.807, 2.05) is 6.07 Å². The highest BCUT2D eigenvalue weighted by Crippen LogP contribution is 2.31. The minimum Gasteiger partial charge on any atom is -0.493 e. The van der Waals surface area contributed by atoms with Gasteiger partial charge in [0.1, 0.15) is 0 Å². The molecule has 7 heteroatoms. The van der Waals surface area contributed by atoms with Gasteiger partial charge in [0.25, 0.3) is 0 Å². The summed E-state index contributed by atoms with van der Waals surface area (Å²) in [5.74, 6) is 0.229. The molecule has 0 amide bonds. The van der Waals surface area contributed by atoms with Gasteiger partial charge in [-0.05, 0) is 12.1 Å². The number of nitrogens with zero attached hydrogens (tertiary/aromatic N) is 3. The van der Waals surface area contributed by atoms with E-state index in [0.717, 1.165) is 0 Å². The molecule has 1 aromatic heterocycles. The van der Waals surface area contributed by atoms with Crippen molar-refractivity contribution >= 4 is 5.97 Å². The van der Waals surface area contributed by atoms with Gasteiger partial charge in [0, 0.05) is 6.07 Å². The maximum Gasteiger partial charge on any atom is 0.358 e. The van der Waals surface area contributed by atoms with Gasteiger partial charge in [-0.3, -0.25) is 4.98 Å². The zero-order chi connectivity index (χ0) is 15.2. The van der Waals surface area contributed by atoms with Gasteiger partial charge < -0.3 is 14.2 Å². The number of esters is 1. The number of ether oxygens (including phenoxy) is 3. The quantitative estimate of drug-likeness (QED) is 0.792. The van der Waals surface area contributed by atoms with Crippen molar-refractivity contribution < 1.29 is 19.0 Å². The average molecular weight is 285 g/mol. The Morgan fingerprint density at radius 3 is 2.71 bits per heavy atom. The summed E-state index contributed by atoms with van der Waals surface area (Å²) in [6.07, 6.45) is 2.62. The molecule has 1 aromatic carbocycles. The first kappa shape index (κ1) is 14.3. The normalized spacial score (nSPS) is 9.57. The van der Waals surface area contributed by atoms with Crippen LogP contribution in [0.5, 0.6) is 17.4 Å². The number of hydrogen-bond acceptors (Lipinski definition) is 7. The average Bonchev–Trinajstić information content (AvgIpc) is 2.54. The molecule has 0 bridgehead atoms. The van der Waals surface area contributed by atoms with E-state index in [0.29, 0.717) is 17.1 Å². The third-order valence-corrected chi connectivity index (χ3v) is 2.51. The van der Waals surface area contributed by atoms with Crippen LogP contribution < -0.4 is 9.47 Å². The molecule has 0 saturated carbocycles. The molecule has 0 atom stereocenters. The summed E-state index contributed by atoms with van der Waals surface area (Å²) in [6.45, 7) is 0. The van der Waals surface area contributed by atoms with E-state index in [4.69, 9.17) is 14.7 Å². The Labute approximate surface area is 120 Å². The second-order valence-electron chi connectivity index (χ2n) is 3.81. The van der Waals surface area contributed by atoms with Crippen LogP contribution in [0.4, 0.5) is 0 Å². The number of rotatable bonds is 4. The molecule has 0 aliphatic heterocycles. The van der Waals surface area contributed by atoms with E-state index in [2.05, 4.69) is 14.7 Å². The van der Waals surface area contributed by atoms with Gasteiger partial charge in [0.2, 0.25) is 5.88 Å². The smallest absolute Gasteiger partial charge is 0.358 e. The summed E-state index contributed by atoms with van der Waals surface area (Å²) in [4.78, 5) is 19.2. The molecule has 7 nitrogen and oxygen atoms in total. The van der Waals surface area contributed by atoms with Crippen molar-refractivity contribution in [1.82, 2.24) is 9.97 Å². The topological polar surface area (TPSA) is 94.3 Å². The first-order chi connectivity index (χ1) is 10.2. The van der Waals surface area contributed by atoms with E-state index in [1.165, 1.54) is 32.7 Å². The first-order valence-electron chi connectivity index (χ1n) is 5.84. The van der Waals surface area contributed by atoms with Crippen LogP contribution in [0.1, 0.15) is 16.1 Å². The van der Waals surface area contributed by atoms with Gasteiger partial charge in [0.15, 0.2) is 17.2 Å². The van der Waals surface area contributed by atoms with Gasteiger partial charge in [-0.15, -0.1) is 0 Å². The Morgan fingerprint density at radius 1 is 1.24 bits per heavy atom. The minimum atomic E-state index is -0.611. The van der Waals surface area contributed by atoms with Crippen molar-refractivity contribution in [2.24, 2.45) is 0 Å². The monoisotopic (exact) mass is 285 g/mol. The summed E-state index contributed by atoms with van der Waals surface area (Å²) in [7, 11) is 2.71. The Hall–Kier alpha value is -3.14. The van der Waals surface area contributed by atoms with Crippen LogP contribution in [-0.2, 0) is 4.74 Å². The lowest BCUT2D eigenvalue weighted by Crippen LogP contribution is -2.05. The molecular formula is C14H11N3O4. The zero-order valence-electron chi connectivity index (χ0n) is 11.4. The number of benzene rings is 1. The van der Waals surface area contributed by atoms with E-state index < -0.39 is 5.97 Å². The molecule has 106 valence electrons. The molecular weight excluding hydrogens is 274 g/mol. The lowest BCUT2D eigenvalue weighted by atomic mass is 10.2. The van der Waals surface area contributed by atoms with Gasteiger partial charge in [-0.2, -0.15) is 5.26 Å². The Bertz CT molecular complexity index is 710. The lowest BCUT2D eigenvalue weighted by molar-refractivity contribution is 0.0592. The predicted molar refractivity (Wildman–Crippen MR) is 71.2 cm³/mol. The molecule has 0 fully saturated rings. The number of nitriles is 1. The maximum absolute atomic E-state index is 11.4. The molecule has 0 radical (unpaired) electrons. The maximum atomic E-state index is 11.4. The van der Waals surface area contributed by atoms with Crippen LogP contribution in [0.25, 0.3) is 0 Å². The number of hydrogen-bond donors (Lipinski definition) is 0. The van der Waals surface area contributed by atoms with Crippen LogP contribution >= 0.6 is 0 Å². The van der Waals surface area contributed by atoms with Crippen molar-refractivity contribution in [3.63, 3.8) is 0 Å². The zero-order valence-corrected chi connectivity index (χ0v) is 11.4. The Kier molecular flexibility index (Phi) is 4.31. The van der Waals surface area contributed by atoms with Crippen LogP contribution in [0.3, 0.4) is 0 Å². The van der Waals surface area contributed by atoms with Crippen LogP contribution in [0.15, 0.2) is 30.6 Å². The third kappa shape index (κ3) is 3.25. The molecule has 0 spiro atoms. The van der Waals surface area contributed by atoms with Crippen molar-refractivity contribution in [1.29, 1.82) is 5.26 Å². The Morgan fingerprint density at radius 2 is 2.05 bits per heavy atom. The largest absolute Gasteiger partial charge is 0.493 e. The Balaban J connectivity index is 2.30. The van der Waals surface area contributed by atoms with E-state index in [1.54, 1.807) is 12.1 Å². The summed E-state index contributed by atoms with van der Waals surface area (Å²) >= 11 is 0. The molecule has 2 rings (SSSR count). The fraction of sp³-hybridized carbons (Fsp3) is 0.143. The van der Waals surface area contributed by atoms with Crippen LogP contribution in [0.2, 0.25) is 0 Å². The van der Waals surface area contributed by atoms with Gasteiger partial charge in [-0.1, -0.05) is 0 Å².